The third kappa shape index (κ3) is 3.42. The van der Waals surface area contributed by atoms with E-state index in [4.69, 9.17) is 0 Å². The second-order valence-electron chi connectivity index (χ2n) is 3.18. The maximum absolute atomic E-state index is 11.3. The second-order valence-corrected chi connectivity index (χ2v) is 5.29. The minimum Gasteiger partial charge on any atom is -0.349 e. The Kier molecular flexibility index (Phi) is 4.62. The van der Waals surface area contributed by atoms with Gasteiger partial charge in [0.25, 0.3) is 0 Å². The minimum atomic E-state index is 0.0976. The molecule has 1 rings (SSSR count). The van der Waals surface area contributed by atoms with Crippen LogP contribution in [0, 0.1) is 6.92 Å². The Morgan fingerprint density at radius 2 is 2.36 bits per heavy atom. The highest BCUT2D eigenvalue weighted by Crippen LogP contribution is 2.22. The molecule has 0 aromatic carbocycles. The molecule has 1 heterocycles. The molecule has 0 saturated heterocycles. The maximum Gasteiger partial charge on any atom is 0.221 e. The first-order valence-electron chi connectivity index (χ1n) is 4.55. The van der Waals surface area contributed by atoms with E-state index in [1.807, 2.05) is 6.92 Å². The van der Waals surface area contributed by atoms with Crippen LogP contribution in [0.3, 0.4) is 0 Å². The van der Waals surface area contributed by atoms with Crippen LogP contribution in [0.4, 0.5) is 0 Å². The van der Waals surface area contributed by atoms with Gasteiger partial charge >= 0.3 is 0 Å². The Balaban J connectivity index is 2.50. The van der Waals surface area contributed by atoms with Crippen LogP contribution < -0.4 is 5.32 Å². The van der Waals surface area contributed by atoms with E-state index in [9.17, 15) is 4.79 Å². The summed E-state index contributed by atoms with van der Waals surface area (Å²) in [4.78, 5) is 13.8. The van der Waals surface area contributed by atoms with Gasteiger partial charge in [0.2, 0.25) is 5.91 Å². The molecule has 14 heavy (non-hydrogen) atoms. The largest absolute Gasteiger partial charge is 0.349 e. The molecule has 0 aliphatic heterocycles. The average Bonchev–Trinajstić information content (AvgIpc) is 2.52. The van der Waals surface area contributed by atoms with Crippen LogP contribution in [0.5, 0.6) is 0 Å². The van der Waals surface area contributed by atoms with E-state index >= 15 is 0 Å². The third-order valence-corrected chi connectivity index (χ3v) is 3.47. The molecule has 1 aromatic heterocycles. The summed E-state index contributed by atoms with van der Waals surface area (Å²) in [5, 5.41) is 3.67. The summed E-state index contributed by atoms with van der Waals surface area (Å²) in [5.41, 5.74) is 0. The predicted octanol–water partition coefficient (Wildman–Crippen LogP) is 3.02. The Morgan fingerprint density at radius 1 is 1.64 bits per heavy atom. The number of carbonyl (C=O) groups is 1. The fourth-order valence-electron chi connectivity index (χ4n) is 1.16. The van der Waals surface area contributed by atoms with Gasteiger partial charge in [-0.05, 0) is 26.0 Å². The van der Waals surface area contributed by atoms with Crippen LogP contribution in [-0.4, -0.2) is 11.2 Å². The van der Waals surface area contributed by atoms with Gasteiger partial charge in [-0.2, -0.15) is 0 Å². The summed E-state index contributed by atoms with van der Waals surface area (Å²) >= 11 is 4.97. The molecule has 1 amide bonds. The second kappa shape index (κ2) is 5.51. The lowest BCUT2D eigenvalue weighted by atomic mass is 10.2. The molecule has 0 fully saturated rings. The van der Waals surface area contributed by atoms with Gasteiger partial charge in [0.05, 0.1) is 6.04 Å². The number of alkyl halides is 1. The molecule has 0 spiro atoms. The Bertz CT molecular complexity index is 311. The van der Waals surface area contributed by atoms with E-state index in [1.54, 1.807) is 11.3 Å². The lowest BCUT2D eigenvalue weighted by Gasteiger charge is -2.11. The van der Waals surface area contributed by atoms with E-state index in [0.717, 1.165) is 5.33 Å². The highest BCUT2D eigenvalue weighted by molar-refractivity contribution is 9.09. The van der Waals surface area contributed by atoms with Crippen LogP contribution >= 0.6 is 27.3 Å². The minimum absolute atomic E-state index is 0.0976. The fourth-order valence-corrected chi connectivity index (χ4v) is 2.40. The van der Waals surface area contributed by atoms with Crippen molar-refractivity contribution in [2.24, 2.45) is 0 Å². The lowest BCUT2D eigenvalue weighted by Crippen LogP contribution is -2.25. The molecule has 0 bridgehead atoms. The molecule has 1 N–H and O–H groups in total. The number of thiophene rings is 1. The van der Waals surface area contributed by atoms with Crippen molar-refractivity contribution in [2.45, 2.75) is 26.3 Å². The van der Waals surface area contributed by atoms with Crippen LogP contribution in [0.2, 0.25) is 0 Å². The van der Waals surface area contributed by atoms with Crippen LogP contribution in [0.25, 0.3) is 0 Å². The standard InChI is InChI=1S/C10H14BrNOS/c1-7-3-4-9(14-7)8(2)12-10(13)5-6-11/h3-4,8H,5-6H2,1-2H3,(H,12,13). The monoisotopic (exact) mass is 275 g/mol. The molecule has 78 valence electrons. The smallest absolute Gasteiger partial charge is 0.221 e. The van der Waals surface area contributed by atoms with Crippen molar-refractivity contribution >= 4 is 33.2 Å². The third-order valence-electron chi connectivity index (χ3n) is 1.89. The normalized spacial score (nSPS) is 12.5. The predicted molar refractivity (Wildman–Crippen MR) is 64.0 cm³/mol. The van der Waals surface area contributed by atoms with Crippen LogP contribution in [0.1, 0.15) is 29.1 Å². The topological polar surface area (TPSA) is 29.1 Å². The number of hydrogen-bond acceptors (Lipinski definition) is 2. The summed E-state index contributed by atoms with van der Waals surface area (Å²) < 4.78 is 0. The van der Waals surface area contributed by atoms with E-state index in [1.165, 1.54) is 9.75 Å². The number of carbonyl (C=O) groups excluding carboxylic acids is 1. The summed E-state index contributed by atoms with van der Waals surface area (Å²) in [6.45, 7) is 4.08. The first kappa shape index (κ1) is 11.7. The number of halogens is 1. The molecule has 1 aromatic rings. The van der Waals surface area contributed by atoms with Gasteiger partial charge in [-0.1, -0.05) is 15.9 Å². The van der Waals surface area contributed by atoms with Gasteiger partial charge in [-0.25, -0.2) is 0 Å². The van der Waals surface area contributed by atoms with Gasteiger partial charge in [-0.15, -0.1) is 11.3 Å². The SMILES string of the molecule is Cc1ccc(C(C)NC(=O)CCBr)s1. The first-order chi connectivity index (χ1) is 6.63. The molecule has 1 atom stereocenters. The zero-order chi connectivity index (χ0) is 10.6. The van der Waals surface area contributed by atoms with E-state index in [0.29, 0.717) is 6.42 Å². The van der Waals surface area contributed by atoms with E-state index in [-0.39, 0.29) is 11.9 Å². The Hall–Kier alpha value is -0.350. The van der Waals surface area contributed by atoms with Gasteiger partial charge < -0.3 is 5.32 Å². The number of rotatable bonds is 4. The molecular weight excluding hydrogens is 262 g/mol. The Morgan fingerprint density at radius 3 is 2.86 bits per heavy atom. The molecule has 0 aliphatic carbocycles. The van der Waals surface area contributed by atoms with Crippen molar-refractivity contribution in [3.05, 3.63) is 21.9 Å². The van der Waals surface area contributed by atoms with Crippen molar-refractivity contribution in [3.63, 3.8) is 0 Å². The molecular formula is C10H14BrNOS. The number of aryl methyl sites for hydroxylation is 1. The van der Waals surface area contributed by atoms with Gasteiger partial charge in [0.1, 0.15) is 0 Å². The summed E-state index contributed by atoms with van der Waals surface area (Å²) in [6, 6.07) is 4.27. The fraction of sp³-hybridized carbons (Fsp3) is 0.500. The van der Waals surface area contributed by atoms with E-state index in [2.05, 4.69) is 40.3 Å². The number of amides is 1. The Labute approximate surface area is 96.8 Å². The molecule has 0 saturated carbocycles. The highest BCUT2D eigenvalue weighted by atomic mass is 79.9. The molecule has 0 aliphatic rings. The van der Waals surface area contributed by atoms with Gasteiger partial charge in [0.15, 0.2) is 0 Å². The average molecular weight is 276 g/mol. The van der Waals surface area contributed by atoms with Gasteiger partial charge in [0, 0.05) is 21.5 Å². The number of nitrogens with one attached hydrogen (secondary N) is 1. The van der Waals surface area contributed by atoms with Crippen LogP contribution in [0.15, 0.2) is 12.1 Å². The highest BCUT2D eigenvalue weighted by Gasteiger charge is 2.10. The summed E-state index contributed by atoms with van der Waals surface area (Å²) in [7, 11) is 0. The van der Waals surface area contributed by atoms with Crippen molar-refractivity contribution in [1.82, 2.24) is 5.32 Å². The molecule has 0 radical (unpaired) electrons. The van der Waals surface area contributed by atoms with Crippen molar-refractivity contribution in [2.75, 3.05) is 5.33 Å². The van der Waals surface area contributed by atoms with Crippen molar-refractivity contribution in [1.29, 1.82) is 0 Å². The maximum atomic E-state index is 11.3. The lowest BCUT2D eigenvalue weighted by molar-refractivity contribution is -0.121. The van der Waals surface area contributed by atoms with Gasteiger partial charge in [-0.3, -0.25) is 4.79 Å². The molecule has 4 heteroatoms. The van der Waals surface area contributed by atoms with Crippen molar-refractivity contribution < 1.29 is 4.79 Å². The molecule has 1 unspecified atom stereocenters. The summed E-state index contributed by atoms with van der Waals surface area (Å²) in [6.07, 6.45) is 0.536. The van der Waals surface area contributed by atoms with E-state index < -0.39 is 0 Å². The zero-order valence-corrected chi connectivity index (χ0v) is 10.7. The number of hydrogen-bond donors (Lipinski definition) is 1. The first-order valence-corrected chi connectivity index (χ1v) is 6.49. The zero-order valence-electron chi connectivity index (χ0n) is 8.34. The molecule has 2 nitrogen and oxygen atoms in total. The summed E-state index contributed by atoms with van der Waals surface area (Å²) in [5.74, 6) is 0.0976. The van der Waals surface area contributed by atoms with Crippen molar-refractivity contribution in [3.8, 4) is 0 Å². The van der Waals surface area contributed by atoms with Crippen LogP contribution in [-0.2, 0) is 4.79 Å². The quantitative estimate of drug-likeness (QED) is 0.841.